The van der Waals surface area contributed by atoms with Gasteiger partial charge in [0, 0.05) is 38.1 Å². The van der Waals surface area contributed by atoms with Crippen molar-refractivity contribution in [1.29, 1.82) is 0 Å². The van der Waals surface area contributed by atoms with Crippen molar-refractivity contribution in [1.82, 2.24) is 19.2 Å². The van der Waals surface area contributed by atoms with E-state index in [0.29, 0.717) is 11.4 Å². The van der Waals surface area contributed by atoms with Crippen LogP contribution in [0.4, 0.5) is 4.39 Å². The number of hydrogen-bond acceptors (Lipinski definition) is 5. The summed E-state index contributed by atoms with van der Waals surface area (Å²) in [6.45, 7) is 4.21. The first-order valence-electron chi connectivity index (χ1n) is 10.9. The zero-order chi connectivity index (χ0) is 24.5. The predicted octanol–water partition coefficient (Wildman–Crippen LogP) is 2.88. The first kappa shape index (κ1) is 24.1. The van der Waals surface area contributed by atoms with Gasteiger partial charge in [-0.2, -0.15) is 4.31 Å². The number of imidazole rings is 1. The number of benzene rings is 2. The van der Waals surface area contributed by atoms with E-state index in [9.17, 15) is 17.6 Å². The second-order valence-electron chi connectivity index (χ2n) is 8.46. The quantitative estimate of drug-likeness (QED) is 0.578. The maximum atomic E-state index is 13.9. The molecule has 180 valence electrons. The highest BCUT2D eigenvalue weighted by atomic mass is 32.2. The Kier molecular flexibility index (Phi) is 6.83. The van der Waals surface area contributed by atoms with Crippen molar-refractivity contribution in [2.24, 2.45) is 7.05 Å². The second kappa shape index (κ2) is 9.65. The lowest BCUT2D eigenvalue weighted by atomic mass is 10.0. The molecule has 3 atom stereocenters. The Morgan fingerprint density at radius 1 is 1.15 bits per heavy atom. The number of halogens is 1. The van der Waals surface area contributed by atoms with Gasteiger partial charge in [0.2, 0.25) is 10.0 Å². The van der Waals surface area contributed by atoms with Crippen LogP contribution in [0.2, 0.25) is 0 Å². The summed E-state index contributed by atoms with van der Waals surface area (Å²) in [7, 11) is -1.93. The van der Waals surface area contributed by atoms with Gasteiger partial charge in [0.05, 0.1) is 17.1 Å². The van der Waals surface area contributed by atoms with Crippen LogP contribution in [0.1, 0.15) is 41.6 Å². The molecule has 0 unspecified atom stereocenters. The fourth-order valence-electron chi connectivity index (χ4n) is 4.11. The van der Waals surface area contributed by atoms with Crippen LogP contribution in [0.5, 0.6) is 0 Å². The van der Waals surface area contributed by atoms with Crippen molar-refractivity contribution in [2.75, 3.05) is 13.1 Å². The topological polar surface area (TPSA) is 93.5 Å². The van der Waals surface area contributed by atoms with Gasteiger partial charge in [0.1, 0.15) is 17.7 Å². The van der Waals surface area contributed by atoms with E-state index in [1.807, 2.05) is 13.8 Å². The number of ether oxygens (including phenoxy) is 1. The van der Waals surface area contributed by atoms with E-state index in [4.69, 9.17) is 4.74 Å². The Labute approximate surface area is 198 Å². The standard InChI is InChI=1S/C24H27FN4O4S/c1-16-14-29(15-17(2)33-16)34(31,32)21-9-7-18(8-10-21)24(30)27-22(23-26-11-12-28(23)3)19-5-4-6-20(25)13-19/h4-13,16-17,22H,14-15H2,1-3H3,(H,27,30)/t16-,17-,22-/m1/s1. The SMILES string of the molecule is C[C@@H]1CN(S(=O)(=O)c2ccc(C(=O)N[C@H](c3cccc(F)c3)c3nccn3C)cc2)C[C@@H](C)O1. The van der Waals surface area contributed by atoms with Crippen molar-refractivity contribution >= 4 is 15.9 Å². The molecular formula is C24H27FN4O4S. The van der Waals surface area contributed by atoms with Crippen molar-refractivity contribution in [3.63, 3.8) is 0 Å². The molecule has 4 rings (SSSR count). The first-order valence-corrected chi connectivity index (χ1v) is 12.4. The van der Waals surface area contributed by atoms with E-state index in [0.717, 1.165) is 0 Å². The molecule has 0 bridgehead atoms. The number of morpholine rings is 1. The molecule has 1 amide bonds. The monoisotopic (exact) mass is 486 g/mol. The third-order valence-corrected chi connectivity index (χ3v) is 7.56. The van der Waals surface area contributed by atoms with E-state index < -0.39 is 27.8 Å². The average Bonchev–Trinajstić information content (AvgIpc) is 3.22. The maximum Gasteiger partial charge on any atom is 0.252 e. The number of carbonyl (C=O) groups excluding carboxylic acids is 1. The Bertz CT molecular complexity index is 1270. The molecule has 0 saturated carbocycles. The van der Waals surface area contributed by atoms with Crippen LogP contribution < -0.4 is 5.32 Å². The minimum absolute atomic E-state index is 0.108. The summed E-state index contributed by atoms with van der Waals surface area (Å²) in [6.07, 6.45) is 2.94. The number of nitrogens with zero attached hydrogens (tertiary/aromatic N) is 3. The zero-order valence-corrected chi connectivity index (χ0v) is 20.0. The van der Waals surface area contributed by atoms with E-state index in [-0.39, 0.29) is 35.8 Å². The molecule has 3 aromatic rings. The predicted molar refractivity (Wildman–Crippen MR) is 124 cm³/mol. The lowest BCUT2D eigenvalue weighted by molar-refractivity contribution is -0.0440. The van der Waals surface area contributed by atoms with Gasteiger partial charge < -0.3 is 14.6 Å². The number of rotatable bonds is 6. The fourth-order valence-corrected chi connectivity index (χ4v) is 5.70. The highest BCUT2D eigenvalue weighted by Gasteiger charge is 2.32. The number of sulfonamides is 1. The van der Waals surface area contributed by atoms with Crippen LogP contribution in [0.3, 0.4) is 0 Å². The zero-order valence-electron chi connectivity index (χ0n) is 19.2. The third kappa shape index (κ3) is 5.03. The van der Waals surface area contributed by atoms with Crippen molar-refractivity contribution in [3.05, 3.63) is 83.7 Å². The minimum Gasteiger partial charge on any atom is -0.373 e. The van der Waals surface area contributed by atoms with Crippen LogP contribution in [0.15, 0.2) is 65.8 Å². The Balaban J connectivity index is 1.56. The number of nitrogens with one attached hydrogen (secondary N) is 1. The number of carbonyl (C=O) groups is 1. The lowest BCUT2D eigenvalue weighted by Gasteiger charge is -2.34. The number of aryl methyl sites for hydroxylation is 1. The van der Waals surface area contributed by atoms with Gasteiger partial charge in [-0.3, -0.25) is 4.79 Å². The highest BCUT2D eigenvalue weighted by molar-refractivity contribution is 7.89. The minimum atomic E-state index is -3.72. The van der Waals surface area contributed by atoms with E-state index in [1.165, 1.54) is 40.7 Å². The largest absolute Gasteiger partial charge is 0.373 e. The van der Waals surface area contributed by atoms with Crippen molar-refractivity contribution in [2.45, 2.75) is 37.0 Å². The second-order valence-corrected chi connectivity index (χ2v) is 10.4. The number of aromatic nitrogens is 2. The van der Waals surface area contributed by atoms with Gasteiger partial charge in [-0.25, -0.2) is 17.8 Å². The smallest absolute Gasteiger partial charge is 0.252 e. The molecule has 34 heavy (non-hydrogen) atoms. The maximum absolute atomic E-state index is 13.9. The molecule has 8 nitrogen and oxygen atoms in total. The van der Waals surface area contributed by atoms with Gasteiger partial charge in [-0.1, -0.05) is 12.1 Å². The van der Waals surface area contributed by atoms with Gasteiger partial charge in [-0.15, -0.1) is 0 Å². The molecule has 0 aliphatic carbocycles. The molecule has 1 aliphatic rings. The van der Waals surface area contributed by atoms with Crippen LogP contribution in [-0.4, -0.2) is 53.5 Å². The van der Waals surface area contributed by atoms with Gasteiger partial charge in [0.25, 0.3) is 5.91 Å². The van der Waals surface area contributed by atoms with E-state index >= 15 is 0 Å². The highest BCUT2D eigenvalue weighted by Crippen LogP contribution is 2.24. The molecular weight excluding hydrogens is 459 g/mol. The van der Waals surface area contributed by atoms with E-state index in [1.54, 1.807) is 36.1 Å². The molecule has 2 heterocycles. The average molecular weight is 487 g/mol. The number of hydrogen-bond donors (Lipinski definition) is 1. The Hall–Kier alpha value is -3.08. The molecule has 1 aliphatic heterocycles. The molecule has 0 spiro atoms. The normalized spacial score (nSPS) is 20.1. The fraction of sp³-hybridized carbons (Fsp3) is 0.333. The molecule has 1 saturated heterocycles. The summed E-state index contributed by atoms with van der Waals surface area (Å²) < 4.78 is 48.8. The summed E-state index contributed by atoms with van der Waals surface area (Å²) in [6, 6.07) is 11.0. The first-order chi connectivity index (χ1) is 16.1. The van der Waals surface area contributed by atoms with Crippen LogP contribution in [0.25, 0.3) is 0 Å². The van der Waals surface area contributed by atoms with Gasteiger partial charge in [0.15, 0.2) is 0 Å². The molecule has 1 aromatic heterocycles. The van der Waals surface area contributed by atoms with E-state index in [2.05, 4.69) is 10.3 Å². The summed E-state index contributed by atoms with van der Waals surface area (Å²) in [5.41, 5.74) is 0.815. The summed E-state index contributed by atoms with van der Waals surface area (Å²) in [4.78, 5) is 17.5. The molecule has 0 radical (unpaired) electrons. The van der Waals surface area contributed by atoms with Crippen molar-refractivity contribution < 1.29 is 22.3 Å². The summed E-state index contributed by atoms with van der Waals surface area (Å²) in [5, 5.41) is 2.89. The lowest BCUT2D eigenvalue weighted by Crippen LogP contribution is -2.48. The van der Waals surface area contributed by atoms with Crippen LogP contribution in [0, 0.1) is 5.82 Å². The Morgan fingerprint density at radius 2 is 1.82 bits per heavy atom. The summed E-state index contributed by atoms with van der Waals surface area (Å²) >= 11 is 0. The number of amides is 1. The van der Waals surface area contributed by atoms with Crippen LogP contribution >= 0.6 is 0 Å². The Morgan fingerprint density at radius 3 is 2.41 bits per heavy atom. The molecule has 2 aromatic carbocycles. The molecule has 1 fully saturated rings. The van der Waals surface area contributed by atoms with Gasteiger partial charge in [-0.05, 0) is 55.8 Å². The molecule has 1 N–H and O–H groups in total. The summed E-state index contributed by atoms with van der Waals surface area (Å²) in [5.74, 6) is -0.323. The third-order valence-electron chi connectivity index (χ3n) is 5.71. The molecule has 10 heteroatoms. The van der Waals surface area contributed by atoms with Crippen LogP contribution in [-0.2, 0) is 21.8 Å². The van der Waals surface area contributed by atoms with Gasteiger partial charge >= 0.3 is 0 Å². The van der Waals surface area contributed by atoms with Crippen molar-refractivity contribution in [3.8, 4) is 0 Å².